The number of ether oxygens (including phenoxy) is 1. The van der Waals surface area contributed by atoms with Crippen LogP contribution in [0.15, 0.2) is 29.6 Å². The van der Waals surface area contributed by atoms with Gasteiger partial charge in [-0.15, -0.1) is 11.3 Å². The largest absolute Gasteiger partial charge is 0.493 e. The first-order valence-electron chi connectivity index (χ1n) is 7.34. The van der Waals surface area contributed by atoms with E-state index < -0.39 is 5.97 Å². The van der Waals surface area contributed by atoms with Gasteiger partial charge < -0.3 is 9.84 Å². The smallest absolute Gasteiger partial charge is 0.355 e. The molecule has 2 aromatic rings. The van der Waals surface area contributed by atoms with E-state index in [4.69, 9.17) is 9.84 Å². The minimum atomic E-state index is -0.980. The van der Waals surface area contributed by atoms with Crippen LogP contribution in [-0.2, 0) is 11.8 Å². The molecular weight excluding hydrogens is 298 g/mol. The molecule has 0 aliphatic carbocycles. The molecule has 0 amide bonds. The molecule has 0 bridgehead atoms. The van der Waals surface area contributed by atoms with Gasteiger partial charge in [0.25, 0.3) is 0 Å². The summed E-state index contributed by atoms with van der Waals surface area (Å²) in [4.78, 5) is 15.1. The molecule has 0 radical (unpaired) electrons. The van der Waals surface area contributed by atoms with Crippen LogP contribution >= 0.6 is 11.3 Å². The maximum atomic E-state index is 10.9. The summed E-state index contributed by atoms with van der Waals surface area (Å²) < 4.78 is 5.90. The number of rotatable bonds is 7. The summed E-state index contributed by atoms with van der Waals surface area (Å²) in [5, 5.41) is 11.4. The van der Waals surface area contributed by atoms with Gasteiger partial charge in [-0.3, -0.25) is 0 Å². The molecule has 1 aromatic carbocycles. The lowest BCUT2D eigenvalue weighted by Gasteiger charge is -2.22. The summed E-state index contributed by atoms with van der Waals surface area (Å²) in [5.74, 6) is -0.0578. The highest BCUT2D eigenvalue weighted by atomic mass is 32.1. The van der Waals surface area contributed by atoms with Gasteiger partial charge in [0.2, 0.25) is 0 Å². The molecule has 0 unspecified atom stereocenters. The zero-order valence-corrected chi connectivity index (χ0v) is 13.9. The second-order valence-corrected chi connectivity index (χ2v) is 6.64. The SMILES string of the molecule is CCc1ccccc1OCCC(C)(C)c1nc(C(=O)O)cs1. The molecule has 4 nitrogen and oxygen atoms in total. The van der Waals surface area contributed by atoms with Crippen molar-refractivity contribution >= 4 is 17.3 Å². The molecule has 1 heterocycles. The Labute approximate surface area is 134 Å². The zero-order chi connectivity index (χ0) is 16.2. The second-order valence-electron chi connectivity index (χ2n) is 5.79. The molecule has 0 saturated heterocycles. The lowest BCUT2D eigenvalue weighted by Crippen LogP contribution is -2.21. The van der Waals surface area contributed by atoms with Gasteiger partial charge in [-0.2, -0.15) is 0 Å². The number of carboxylic acid groups (broad SMARTS) is 1. The number of carbonyl (C=O) groups is 1. The van der Waals surface area contributed by atoms with Crippen LogP contribution in [0.3, 0.4) is 0 Å². The van der Waals surface area contributed by atoms with Crippen molar-refractivity contribution in [2.75, 3.05) is 6.61 Å². The number of nitrogens with zero attached hydrogens (tertiary/aromatic N) is 1. The van der Waals surface area contributed by atoms with Crippen molar-refractivity contribution in [3.05, 3.63) is 45.9 Å². The second kappa shape index (κ2) is 6.92. The highest BCUT2D eigenvalue weighted by Gasteiger charge is 2.25. The van der Waals surface area contributed by atoms with Crippen molar-refractivity contribution in [2.24, 2.45) is 0 Å². The van der Waals surface area contributed by atoms with Crippen molar-refractivity contribution in [1.82, 2.24) is 4.98 Å². The molecule has 1 aromatic heterocycles. The Morgan fingerprint density at radius 3 is 2.73 bits per heavy atom. The number of thiazole rings is 1. The Morgan fingerprint density at radius 2 is 2.09 bits per heavy atom. The Balaban J connectivity index is 1.98. The van der Waals surface area contributed by atoms with E-state index in [1.807, 2.05) is 18.2 Å². The summed E-state index contributed by atoms with van der Waals surface area (Å²) >= 11 is 1.39. The van der Waals surface area contributed by atoms with E-state index >= 15 is 0 Å². The minimum absolute atomic E-state index is 0.116. The molecule has 22 heavy (non-hydrogen) atoms. The molecule has 1 N–H and O–H groups in total. The fraction of sp³-hybridized carbons (Fsp3) is 0.412. The fourth-order valence-electron chi connectivity index (χ4n) is 2.14. The van der Waals surface area contributed by atoms with Gasteiger partial charge in [0, 0.05) is 10.8 Å². The van der Waals surface area contributed by atoms with Crippen molar-refractivity contribution in [3.63, 3.8) is 0 Å². The van der Waals surface area contributed by atoms with Gasteiger partial charge in [0.15, 0.2) is 5.69 Å². The minimum Gasteiger partial charge on any atom is -0.493 e. The third-order valence-electron chi connectivity index (χ3n) is 3.64. The average molecular weight is 319 g/mol. The third kappa shape index (κ3) is 3.85. The first kappa shape index (κ1) is 16.5. The van der Waals surface area contributed by atoms with Crippen LogP contribution in [-0.4, -0.2) is 22.7 Å². The molecule has 0 fully saturated rings. The monoisotopic (exact) mass is 319 g/mol. The number of aromatic carboxylic acids is 1. The highest BCUT2D eigenvalue weighted by molar-refractivity contribution is 7.10. The van der Waals surface area contributed by atoms with Gasteiger partial charge in [-0.1, -0.05) is 39.0 Å². The summed E-state index contributed by atoms with van der Waals surface area (Å²) in [6.07, 6.45) is 1.71. The van der Waals surface area contributed by atoms with Crippen LogP contribution in [0.4, 0.5) is 0 Å². The van der Waals surface area contributed by atoms with Crippen LogP contribution in [0.25, 0.3) is 0 Å². The van der Waals surface area contributed by atoms with E-state index in [1.54, 1.807) is 5.38 Å². The van der Waals surface area contributed by atoms with Crippen molar-refractivity contribution in [2.45, 2.75) is 39.0 Å². The zero-order valence-electron chi connectivity index (χ0n) is 13.1. The number of para-hydroxylation sites is 1. The number of hydrogen-bond donors (Lipinski definition) is 1. The molecule has 0 atom stereocenters. The predicted octanol–water partition coefficient (Wildman–Crippen LogP) is 4.15. The van der Waals surface area contributed by atoms with Crippen LogP contribution in [0.5, 0.6) is 5.75 Å². The molecule has 2 rings (SSSR count). The standard InChI is InChI=1S/C17H21NO3S/c1-4-12-7-5-6-8-14(12)21-10-9-17(2,3)16-18-13(11-22-16)15(19)20/h5-8,11H,4,9-10H2,1-3H3,(H,19,20). The summed E-state index contributed by atoms with van der Waals surface area (Å²) in [5.41, 5.74) is 1.10. The summed E-state index contributed by atoms with van der Waals surface area (Å²) in [6, 6.07) is 8.04. The normalized spacial score (nSPS) is 11.4. The number of aromatic nitrogens is 1. The fourth-order valence-corrected chi connectivity index (χ4v) is 3.09. The van der Waals surface area contributed by atoms with Crippen LogP contribution < -0.4 is 4.74 Å². The van der Waals surface area contributed by atoms with Crippen LogP contribution in [0, 0.1) is 0 Å². The van der Waals surface area contributed by atoms with Gasteiger partial charge in [-0.05, 0) is 24.5 Å². The van der Waals surface area contributed by atoms with E-state index in [1.165, 1.54) is 16.9 Å². The quantitative estimate of drug-likeness (QED) is 0.833. The molecule has 118 valence electrons. The van der Waals surface area contributed by atoms with E-state index in [2.05, 4.69) is 31.8 Å². The number of benzene rings is 1. The van der Waals surface area contributed by atoms with Crippen LogP contribution in [0.2, 0.25) is 0 Å². The van der Waals surface area contributed by atoms with Crippen molar-refractivity contribution in [3.8, 4) is 5.75 Å². The average Bonchev–Trinajstić information content (AvgIpc) is 2.98. The Hall–Kier alpha value is -1.88. The van der Waals surface area contributed by atoms with E-state index in [9.17, 15) is 4.79 Å². The number of aryl methyl sites for hydroxylation is 1. The molecule has 0 spiro atoms. The van der Waals surface area contributed by atoms with Gasteiger partial charge in [0.1, 0.15) is 5.75 Å². The lowest BCUT2D eigenvalue weighted by molar-refractivity contribution is 0.0691. The third-order valence-corrected chi connectivity index (χ3v) is 4.85. The Morgan fingerprint density at radius 1 is 1.36 bits per heavy atom. The molecule has 5 heteroatoms. The maximum Gasteiger partial charge on any atom is 0.355 e. The Bertz CT molecular complexity index is 649. The lowest BCUT2D eigenvalue weighted by atomic mass is 9.90. The van der Waals surface area contributed by atoms with Gasteiger partial charge >= 0.3 is 5.97 Å². The molecule has 0 aliphatic rings. The van der Waals surface area contributed by atoms with Gasteiger partial charge in [0.05, 0.1) is 11.6 Å². The van der Waals surface area contributed by atoms with Crippen molar-refractivity contribution < 1.29 is 14.6 Å². The molecule has 0 aliphatic heterocycles. The maximum absolute atomic E-state index is 10.9. The summed E-state index contributed by atoms with van der Waals surface area (Å²) in [6.45, 7) is 6.81. The van der Waals surface area contributed by atoms with Gasteiger partial charge in [-0.25, -0.2) is 9.78 Å². The first-order chi connectivity index (χ1) is 10.4. The van der Waals surface area contributed by atoms with E-state index in [-0.39, 0.29) is 11.1 Å². The topological polar surface area (TPSA) is 59.4 Å². The predicted molar refractivity (Wildman–Crippen MR) is 88.0 cm³/mol. The molecular formula is C17H21NO3S. The van der Waals surface area contributed by atoms with Crippen LogP contribution in [0.1, 0.15) is 48.3 Å². The Kier molecular flexibility index (Phi) is 5.19. The summed E-state index contributed by atoms with van der Waals surface area (Å²) in [7, 11) is 0. The number of carboxylic acids is 1. The number of hydrogen-bond acceptors (Lipinski definition) is 4. The van der Waals surface area contributed by atoms with E-state index in [0.29, 0.717) is 6.61 Å². The van der Waals surface area contributed by atoms with E-state index in [0.717, 1.165) is 23.6 Å². The van der Waals surface area contributed by atoms with Crippen molar-refractivity contribution in [1.29, 1.82) is 0 Å². The molecule has 0 saturated carbocycles. The first-order valence-corrected chi connectivity index (χ1v) is 8.22. The highest BCUT2D eigenvalue weighted by Crippen LogP contribution is 2.30.